The molecule has 1 unspecified atom stereocenters. The summed E-state index contributed by atoms with van der Waals surface area (Å²) >= 11 is 18.2. The van der Waals surface area contributed by atoms with Gasteiger partial charge < -0.3 is 0 Å². The zero-order chi connectivity index (χ0) is 11.4. The lowest BCUT2D eigenvalue weighted by Crippen LogP contribution is -1.98. The molecule has 0 saturated carbocycles. The van der Waals surface area contributed by atoms with Crippen LogP contribution in [0, 0.1) is 12.3 Å². The number of hydrogen-bond donors (Lipinski definition) is 0. The summed E-state index contributed by atoms with van der Waals surface area (Å²) in [6.45, 7) is 2.05. The third-order valence-corrected chi connectivity index (χ3v) is 3.49. The van der Waals surface area contributed by atoms with E-state index in [1.807, 2.05) is 0 Å². The summed E-state index contributed by atoms with van der Waals surface area (Å²) in [5.74, 6) is 2.81. The van der Waals surface area contributed by atoms with E-state index in [0.29, 0.717) is 21.5 Å². The highest BCUT2D eigenvalue weighted by atomic mass is 35.5. The topological polar surface area (TPSA) is 0 Å². The standard InChI is InChI=1S/C12H11Cl3/c1-3-5-8(4-2)11-9(13)6-7-10(14)12(11)15/h1,6-8H,4-5H2,2H3. The van der Waals surface area contributed by atoms with Crippen molar-refractivity contribution >= 4 is 34.8 Å². The molecule has 15 heavy (non-hydrogen) atoms. The lowest BCUT2D eigenvalue weighted by Gasteiger charge is -2.16. The predicted octanol–water partition coefficient (Wildman–Crippen LogP) is 5.16. The van der Waals surface area contributed by atoms with Gasteiger partial charge in [-0.1, -0.05) is 41.7 Å². The van der Waals surface area contributed by atoms with Gasteiger partial charge in [-0.2, -0.15) is 0 Å². The highest BCUT2D eigenvalue weighted by Crippen LogP contribution is 2.38. The van der Waals surface area contributed by atoms with E-state index in [0.717, 1.165) is 12.0 Å². The molecule has 1 aromatic carbocycles. The molecule has 3 heteroatoms. The fourth-order valence-electron chi connectivity index (χ4n) is 1.51. The molecule has 0 amide bonds. The van der Waals surface area contributed by atoms with Gasteiger partial charge in [0.05, 0.1) is 10.0 Å². The Hall–Kier alpha value is -0.350. The molecule has 0 aromatic heterocycles. The van der Waals surface area contributed by atoms with Gasteiger partial charge in [-0.3, -0.25) is 0 Å². The zero-order valence-corrected chi connectivity index (χ0v) is 10.6. The SMILES string of the molecule is C#CCC(CC)c1c(Cl)ccc(Cl)c1Cl. The van der Waals surface area contributed by atoms with Gasteiger partial charge in [0.15, 0.2) is 0 Å². The molecule has 0 N–H and O–H groups in total. The Balaban J connectivity index is 3.22. The van der Waals surface area contributed by atoms with Gasteiger partial charge in [0.2, 0.25) is 0 Å². The van der Waals surface area contributed by atoms with Crippen molar-refractivity contribution < 1.29 is 0 Å². The molecule has 1 atom stereocenters. The van der Waals surface area contributed by atoms with Gasteiger partial charge in [0, 0.05) is 11.4 Å². The summed E-state index contributed by atoms with van der Waals surface area (Å²) < 4.78 is 0. The van der Waals surface area contributed by atoms with E-state index >= 15 is 0 Å². The number of benzene rings is 1. The summed E-state index contributed by atoms with van der Waals surface area (Å²) in [6.07, 6.45) is 6.83. The number of hydrogen-bond acceptors (Lipinski definition) is 0. The van der Waals surface area contributed by atoms with Crippen molar-refractivity contribution in [1.29, 1.82) is 0 Å². The average molecular weight is 262 g/mol. The van der Waals surface area contributed by atoms with E-state index in [1.165, 1.54) is 0 Å². The van der Waals surface area contributed by atoms with Crippen LogP contribution in [0.25, 0.3) is 0 Å². The van der Waals surface area contributed by atoms with Crippen molar-refractivity contribution in [3.05, 3.63) is 32.8 Å². The highest BCUT2D eigenvalue weighted by molar-refractivity contribution is 6.44. The monoisotopic (exact) mass is 260 g/mol. The molecule has 0 heterocycles. The van der Waals surface area contributed by atoms with Crippen molar-refractivity contribution in [2.45, 2.75) is 25.7 Å². The Morgan fingerprint density at radius 1 is 1.27 bits per heavy atom. The molecule has 0 fully saturated rings. The van der Waals surface area contributed by atoms with Gasteiger partial charge in [0.1, 0.15) is 0 Å². The second-order valence-corrected chi connectivity index (χ2v) is 4.46. The Morgan fingerprint density at radius 3 is 2.40 bits per heavy atom. The number of halogens is 3. The zero-order valence-electron chi connectivity index (χ0n) is 8.36. The largest absolute Gasteiger partial charge is 0.120 e. The van der Waals surface area contributed by atoms with Crippen molar-refractivity contribution in [2.75, 3.05) is 0 Å². The van der Waals surface area contributed by atoms with Crippen LogP contribution in [0.5, 0.6) is 0 Å². The molecule has 0 bridgehead atoms. The molecule has 0 saturated heterocycles. The maximum absolute atomic E-state index is 6.12. The molecule has 0 nitrogen and oxygen atoms in total. The quantitative estimate of drug-likeness (QED) is 0.520. The minimum atomic E-state index is 0.175. The lowest BCUT2D eigenvalue weighted by molar-refractivity contribution is 0.685. The summed E-state index contributed by atoms with van der Waals surface area (Å²) in [5, 5.41) is 1.67. The molecule has 0 aliphatic rings. The van der Waals surface area contributed by atoms with Crippen molar-refractivity contribution in [3.63, 3.8) is 0 Å². The number of rotatable bonds is 3. The fourth-order valence-corrected chi connectivity index (χ4v) is 2.35. The normalized spacial score (nSPS) is 12.2. The van der Waals surface area contributed by atoms with Crippen molar-refractivity contribution in [1.82, 2.24) is 0 Å². The summed E-state index contributed by atoms with van der Waals surface area (Å²) in [6, 6.07) is 3.45. The van der Waals surface area contributed by atoms with Gasteiger partial charge in [-0.05, 0) is 30.0 Å². The fraction of sp³-hybridized carbons (Fsp3) is 0.333. The van der Waals surface area contributed by atoms with E-state index in [4.69, 9.17) is 41.2 Å². The highest BCUT2D eigenvalue weighted by Gasteiger charge is 2.17. The van der Waals surface area contributed by atoms with E-state index in [1.54, 1.807) is 12.1 Å². The van der Waals surface area contributed by atoms with Crippen LogP contribution in [-0.2, 0) is 0 Å². The maximum Gasteiger partial charge on any atom is 0.0642 e. The predicted molar refractivity (Wildman–Crippen MR) is 68.0 cm³/mol. The van der Waals surface area contributed by atoms with Crippen LogP contribution in [0.3, 0.4) is 0 Å². The molecule has 80 valence electrons. The first-order chi connectivity index (χ1) is 7.11. The molecule has 0 radical (unpaired) electrons. The average Bonchev–Trinajstić information content (AvgIpc) is 2.22. The lowest BCUT2D eigenvalue weighted by atomic mass is 9.93. The first-order valence-electron chi connectivity index (χ1n) is 4.68. The third kappa shape index (κ3) is 2.82. The van der Waals surface area contributed by atoms with Gasteiger partial charge in [-0.25, -0.2) is 0 Å². The summed E-state index contributed by atoms with van der Waals surface area (Å²) in [5.41, 5.74) is 0.867. The Morgan fingerprint density at radius 2 is 1.87 bits per heavy atom. The van der Waals surface area contributed by atoms with Crippen LogP contribution in [0.2, 0.25) is 15.1 Å². The number of terminal acetylenes is 1. The van der Waals surface area contributed by atoms with Gasteiger partial charge in [-0.15, -0.1) is 12.3 Å². The van der Waals surface area contributed by atoms with Crippen LogP contribution in [0.4, 0.5) is 0 Å². The second-order valence-electron chi connectivity index (χ2n) is 3.27. The molecular weight excluding hydrogens is 250 g/mol. The Labute approximate surface area is 106 Å². The van der Waals surface area contributed by atoms with E-state index in [2.05, 4.69) is 12.8 Å². The minimum absolute atomic E-state index is 0.175. The third-order valence-electron chi connectivity index (χ3n) is 2.34. The van der Waals surface area contributed by atoms with Crippen molar-refractivity contribution in [3.8, 4) is 12.3 Å². The molecule has 1 aromatic rings. The minimum Gasteiger partial charge on any atom is -0.120 e. The molecule has 0 spiro atoms. The van der Waals surface area contributed by atoms with Crippen LogP contribution >= 0.6 is 34.8 Å². The molecule has 0 aliphatic heterocycles. The van der Waals surface area contributed by atoms with E-state index in [9.17, 15) is 0 Å². The molecule has 0 aliphatic carbocycles. The summed E-state index contributed by atoms with van der Waals surface area (Å²) in [7, 11) is 0. The summed E-state index contributed by atoms with van der Waals surface area (Å²) in [4.78, 5) is 0. The molecule has 1 rings (SSSR count). The van der Waals surface area contributed by atoms with Crippen LogP contribution in [0.15, 0.2) is 12.1 Å². The van der Waals surface area contributed by atoms with Crippen LogP contribution < -0.4 is 0 Å². The van der Waals surface area contributed by atoms with Crippen molar-refractivity contribution in [2.24, 2.45) is 0 Å². The Bertz CT molecular complexity index is 391. The first-order valence-corrected chi connectivity index (χ1v) is 5.82. The van der Waals surface area contributed by atoms with Crippen LogP contribution in [-0.4, -0.2) is 0 Å². The first kappa shape index (κ1) is 12.7. The smallest absolute Gasteiger partial charge is 0.0642 e. The van der Waals surface area contributed by atoms with Crippen LogP contribution in [0.1, 0.15) is 31.2 Å². The van der Waals surface area contributed by atoms with Gasteiger partial charge >= 0.3 is 0 Å². The van der Waals surface area contributed by atoms with E-state index in [-0.39, 0.29) is 5.92 Å². The van der Waals surface area contributed by atoms with Gasteiger partial charge in [0.25, 0.3) is 0 Å². The Kier molecular flexibility index (Phi) is 4.80. The molecular formula is C12H11Cl3. The van der Waals surface area contributed by atoms with E-state index < -0.39 is 0 Å². The second kappa shape index (κ2) is 5.66. The maximum atomic E-state index is 6.12.